The molecular formula is C15H19N5O. The van der Waals surface area contributed by atoms with Crippen molar-refractivity contribution in [2.45, 2.75) is 33.2 Å². The summed E-state index contributed by atoms with van der Waals surface area (Å²) in [5, 5.41) is 12.8. The largest absolute Gasteiger partial charge is 0.382 e. The Morgan fingerprint density at radius 1 is 1.38 bits per heavy atom. The van der Waals surface area contributed by atoms with Crippen LogP contribution in [0.2, 0.25) is 0 Å². The summed E-state index contributed by atoms with van der Waals surface area (Å²) in [6, 6.07) is 2.24. The molecule has 3 aromatic rings. The van der Waals surface area contributed by atoms with Crippen molar-refractivity contribution < 1.29 is 4.52 Å². The number of nitrogens with one attached hydrogen (secondary N) is 1. The van der Waals surface area contributed by atoms with E-state index in [4.69, 9.17) is 4.52 Å². The molecule has 0 amide bonds. The third-order valence-corrected chi connectivity index (χ3v) is 3.73. The van der Waals surface area contributed by atoms with Gasteiger partial charge in [-0.15, -0.1) is 0 Å². The summed E-state index contributed by atoms with van der Waals surface area (Å²) in [5.74, 6) is 0.891. The molecule has 1 unspecified atom stereocenters. The minimum atomic E-state index is 0.257. The summed E-state index contributed by atoms with van der Waals surface area (Å²) in [5.41, 5.74) is 4.06. The molecular weight excluding hydrogens is 266 g/mol. The second-order valence-corrected chi connectivity index (χ2v) is 5.42. The molecule has 0 fully saturated rings. The highest BCUT2D eigenvalue weighted by atomic mass is 16.5. The zero-order valence-electron chi connectivity index (χ0n) is 12.7. The molecule has 1 atom stereocenters. The fourth-order valence-electron chi connectivity index (χ4n) is 2.59. The van der Waals surface area contributed by atoms with E-state index in [-0.39, 0.29) is 6.04 Å². The van der Waals surface area contributed by atoms with Gasteiger partial charge in [0.1, 0.15) is 5.76 Å². The summed E-state index contributed by atoms with van der Waals surface area (Å²) in [4.78, 5) is 4.35. The van der Waals surface area contributed by atoms with Crippen LogP contribution < -0.4 is 5.32 Å². The summed E-state index contributed by atoms with van der Waals surface area (Å²) in [6.45, 7) is 6.08. The Morgan fingerprint density at radius 2 is 2.19 bits per heavy atom. The maximum absolute atomic E-state index is 5.22. The quantitative estimate of drug-likeness (QED) is 0.798. The van der Waals surface area contributed by atoms with Crippen molar-refractivity contribution >= 4 is 16.7 Å². The Bertz CT molecular complexity index is 754. The smallest absolute Gasteiger partial charge is 0.159 e. The van der Waals surface area contributed by atoms with Gasteiger partial charge in [0.15, 0.2) is 5.65 Å². The number of aryl methyl sites for hydroxylation is 3. The van der Waals surface area contributed by atoms with Gasteiger partial charge in [-0.05, 0) is 33.3 Å². The van der Waals surface area contributed by atoms with Gasteiger partial charge >= 0.3 is 0 Å². The van der Waals surface area contributed by atoms with Crippen LogP contribution in [-0.4, -0.2) is 26.0 Å². The normalized spacial score (nSPS) is 12.8. The highest BCUT2D eigenvalue weighted by Crippen LogP contribution is 2.22. The first-order valence-corrected chi connectivity index (χ1v) is 7.01. The first-order valence-electron chi connectivity index (χ1n) is 7.01. The summed E-state index contributed by atoms with van der Waals surface area (Å²) in [6.07, 6.45) is 4.51. The molecule has 1 N–H and O–H groups in total. The van der Waals surface area contributed by atoms with Gasteiger partial charge in [-0.2, -0.15) is 5.10 Å². The maximum Gasteiger partial charge on any atom is 0.159 e. The molecule has 6 nitrogen and oxygen atoms in total. The fourth-order valence-corrected chi connectivity index (χ4v) is 2.59. The number of nitrogens with zero attached hydrogens (tertiary/aromatic N) is 4. The van der Waals surface area contributed by atoms with Gasteiger partial charge in [0.2, 0.25) is 0 Å². The maximum atomic E-state index is 5.22. The van der Waals surface area contributed by atoms with Crippen molar-refractivity contribution in [3.63, 3.8) is 0 Å². The molecule has 0 radical (unpaired) electrons. The van der Waals surface area contributed by atoms with E-state index < -0.39 is 0 Å². The van der Waals surface area contributed by atoms with Crippen molar-refractivity contribution in [2.24, 2.45) is 7.05 Å². The SMILES string of the molecule is Cc1noc(C)c1CC(C)Nc1ccnc2c1cnn2C. The molecule has 3 rings (SSSR count). The van der Waals surface area contributed by atoms with E-state index >= 15 is 0 Å². The first-order chi connectivity index (χ1) is 10.1. The minimum Gasteiger partial charge on any atom is -0.382 e. The lowest BCUT2D eigenvalue weighted by molar-refractivity contribution is 0.392. The Labute approximate surface area is 123 Å². The van der Waals surface area contributed by atoms with Crippen LogP contribution in [0.15, 0.2) is 23.0 Å². The Morgan fingerprint density at radius 3 is 2.90 bits per heavy atom. The van der Waals surface area contributed by atoms with E-state index in [0.29, 0.717) is 0 Å². The van der Waals surface area contributed by atoms with Crippen LogP contribution in [-0.2, 0) is 13.5 Å². The molecule has 0 aliphatic carbocycles. The highest BCUT2D eigenvalue weighted by molar-refractivity contribution is 5.88. The zero-order valence-corrected chi connectivity index (χ0v) is 12.7. The van der Waals surface area contributed by atoms with Gasteiger partial charge < -0.3 is 9.84 Å². The molecule has 0 bridgehead atoms. The van der Waals surface area contributed by atoms with Gasteiger partial charge in [0.05, 0.1) is 17.3 Å². The van der Waals surface area contributed by atoms with Crippen molar-refractivity contribution in [3.8, 4) is 0 Å². The third kappa shape index (κ3) is 2.49. The van der Waals surface area contributed by atoms with Crippen LogP contribution in [0.3, 0.4) is 0 Å². The van der Waals surface area contributed by atoms with Crippen molar-refractivity contribution in [2.75, 3.05) is 5.32 Å². The molecule has 0 saturated heterocycles. The van der Waals surface area contributed by atoms with Crippen molar-refractivity contribution in [3.05, 3.63) is 35.5 Å². The van der Waals surface area contributed by atoms with Crippen molar-refractivity contribution in [1.29, 1.82) is 0 Å². The van der Waals surface area contributed by atoms with Gasteiger partial charge in [-0.3, -0.25) is 4.68 Å². The van der Waals surface area contributed by atoms with E-state index in [1.54, 1.807) is 10.9 Å². The fraction of sp³-hybridized carbons (Fsp3) is 0.400. The number of rotatable bonds is 4. The topological polar surface area (TPSA) is 68.8 Å². The number of hydrogen-bond acceptors (Lipinski definition) is 5. The molecule has 6 heteroatoms. The second-order valence-electron chi connectivity index (χ2n) is 5.42. The van der Waals surface area contributed by atoms with Gasteiger partial charge in [-0.25, -0.2) is 4.98 Å². The summed E-state index contributed by atoms with van der Waals surface area (Å²) in [7, 11) is 1.90. The van der Waals surface area contributed by atoms with E-state index in [2.05, 4.69) is 27.5 Å². The molecule has 0 aliphatic heterocycles. The first kappa shape index (κ1) is 13.6. The lowest BCUT2D eigenvalue weighted by Gasteiger charge is -2.15. The minimum absolute atomic E-state index is 0.257. The number of aromatic nitrogens is 4. The molecule has 0 spiro atoms. The zero-order chi connectivity index (χ0) is 15.0. The average Bonchev–Trinajstić information content (AvgIpc) is 2.98. The Balaban J connectivity index is 1.82. The van der Waals surface area contributed by atoms with Crippen LogP contribution in [0, 0.1) is 13.8 Å². The predicted molar refractivity (Wildman–Crippen MR) is 81.3 cm³/mol. The Kier molecular flexibility index (Phi) is 3.37. The standard InChI is InChI=1S/C15H19N5O/c1-9(7-12-10(2)19-21-11(12)3)18-14-5-6-16-15-13(14)8-17-20(15)4/h5-6,8-9H,7H2,1-4H3,(H,16,18). The number of pyridine rings is 1. The molecule has 21 heavy (non-hydrogen) atoms. The number of anilines is 1. The van der Waals surface area contributed by atoms with Gasteiger partial charge in [0.25, 0.3) is 0 Å². The van der Waals surface area contributed by atoms with E-state index in [9.17, 15) is 0 Å². The molecule has 3 aromatic heterocycles. The van der Waals surface area contributed by atoms with Gasteiger partial charge in [0, 0.05) is 30.5 Å². The van der Waals surface area contributed by atoms with E-state index in [1.807, 2.05) is 33.2 Å². The van der Waals surface area contributed by atoms with Crippen LogP contribution in [0.4, 0.5) is 5.69 Å². The molecule has 0 aliphatic rings. The average molecular weight is 285 g/mol. The second kappa shape index (κ2) is 5.20. The van der Waals surface area contributed by atoms with Crippen LogP contribution in [0.1, 0.15) is 23.9 Å². The lowest BCUT2D eigenvalue weighted by Crippen LogP contribution is -2.19. The Hall–Kier alpha value is -2.37. The predicted octanol–water partition coefficient (Wildman–Crippen LogP) is 2.62. The molecule has 0 aromatic carbocycles. The lowest BCUT2D eigenvalue weighted by atomic mass is 10.1. The molecule has 3 heterocycles. The molecule has 110 valence electrons. The number of fused-ring (bicyclic) bond motifs is 1. The van der Waals surface area contributed by atoms with Crippen molar-refractivity contribution in [1.82, 2.24) is 19.9 Å². The van der Waals surface area contributed by atoms with Crippen LogP contribution in [0.25, 0.3) is 11.0 Å². The molecule has 0 saturated carbocycles. The van der Waals surface area contributed by atoms with Crippen LogP contribution >= 0.6 is 0 Å². The monoisotopic (exact) mass is 285 g/mol. The summed E-state index contributed by atoms with van der Waals surface area (Å²) >= 11 is 0. The summed E-state index contributed by atoms with van der Waals surface area (Å²) < 4.78 is 7.00. The van der Waals surface area contributed by atoms with E-state index in [0.717, 1.165) is 34.6 Å². The van der Waals surface area contributed by atoms with Crippen LogP contribution in [0.5, 0.6) is 0 Å². The number of hydrogen-bond donors (Lipinski definition) is 1. The third-order valence-electron chi connectivity index (χ3n) is 3.73. The van der Waals surface area contributed by atoms with E-state index in [1.165, 1.54) is 5.56 Å². The van der Waals surface area contributed by atoms with Gasteiger partial charge in [-0.1, -0.05) is 5.16 Å². The highest BCUT2D eigenvalue weighted by Gasteiger charge is 2.14.